The number of carbonyl (C=O) groups excluding carboxylic acids is 2. The van der Waals surface area contributed by atoms with E-state index in [2.05, 4.69) is 31.3 Å². The number of carbonyl (C=O) groups is 2. The Hall–Kier alpha value is -3.15. The van der Waals surface area contributed by atoms with Gasteiger partial charge in [-0.3, -0.25) is 4.79 Å². The summed E-state index contributed by atoms with van der Waals surface area (Å²) >= 11 is 0. The van der Waals surface area contributed by atoms with Crippen LogP contribution in [-0.4, -0.2) is 24.7 Å². The van der Waals surface area contributed by atoms with Gasteiger partial charge in [0.1, 0.15) is 12.4 Å². The van der Waals surface area contributed by atoms with E-state index in [0.29, 0.717) is 11.3 Å². The molecule has 1 amide bonds. The normalized spacial score (nSPS) is 11.3. The third kappa shape index (κ3) is 5.73. The molecule has 2 aromatic rings. The first-order valence-electron chi connectivity index (χ1n) is 8.12. The number of rotatable bonds is 6. The molecule has 0 saturated carbocycles. The number of benzene rings is 2. The van der Waals surface area contributed by atoms with Crippen LogP contribution in [0.5, 0.6) is 5.75 Å². The second-order valence-corrected chi connectivity index (χ2v) is 6.76. The van der Waals surface area contributed by atoms with Crippen molar-refractivity contribution in [3.8, 4) is 5.75 Å². The smallest absolute Gasteiger partial charge is 0.271 e. The number of nitrogens with one attached hydrogen (secondary N) is 1. The summed E-state index contributed by atoms with van der Waals surface area (Å²) in [6.07, 6.45) is 1.49. The fourth-order valence-electron chi connectivity index (χ4n) is 2.14. The molecule has 2 rings (SSSR count). The number of carboxylic acids is 1. The third-order valence-electron chi connectivity index (χ3n) is 3.63. The molecule has 6 nitrogen and oxygen atoms in total. The highest BCUT2D eigenvalue weighted by Crippen LogP contribution is 2.22. The van der Waals surface area contributed by atoms with Gasteiger partial charge < -0.3 is 14.6 Å². The van der Waals surface area contributed by atoms with Gasteiger partial charge in [0.15, 0.2) is 0 Å². The molecule has 1 N–H and O–H groups in total. The molecule has 0 fully saturated rings. The Morgan fingerprint density at radius 1 is 1.08 bits per heavy atom. The maximum absolute atomic E-state index is 12.1. The minimum atomic E-state index is -1.28. The zero-order valence-electron chi connectivity index (χ0n) is 15.0. The van der Waals surface area contributed by atoms with E-state index in [1.165, 1.54) is 6.21 Å². The van der Waals surface area contributed by atoms with Gasteiger partial charge in [0.25, 0.3) is 5.91 Å². The fourth-order valence-corrected chi connectivity index (χ4v) is 2.14. The first-order valence-corrected chi connectivity index (χ1v) is 8.12. The summed E-state index contributed by atoms with van der Waals surface area (Å²) < 4.78 is 4.98. The molecule has 0 heterocycles. The monoisotopic (exact) mass is 353 g/mol. The van der Waals surface area contributed by atoms with Crippen LogP contribution in [0.25, 0.3) is 0 Å². The Morgan fingerprint density at radius 2 is 1.69 bits per heavy atom. The number of amides is 1. The van der Waals surface area contributed by atoms with Gasteiger partial charge in [-0.2, -0.15) is 5.10 Å². The summed E-state index contributed by atoms with van der Waals surface area (Å²) in [4.78, 5) is 22.4. The van der Waals surface area contributed by atoms with Crippen LogP contribution >= 0.6 is 0 Å². The van der Waals surface area contributed by atoms with E-state index in [4.69, 9.17) is 4.74 Å². The van der Waals surface area contributed by atoms with Crippen LogP contribution in [0.4, 0.5) is 0 Å². The largest absolute Gasteiger partial charge is 0.546 e. The highest BCUT2D eigenvalue weighted by molar-refractivity contribution is 5.94. The highest BCUT2D eigenvalue weighted by Gasteiger charge is 2.14. The van der Waals surface area contributed by atoms with Gasteiger partial charge in [0.05, 0.1) is 12.2 Å². The Labute approximate surface area is 152 Å². The second-order valence-electron chi connectivity index (χ2n) is 6.76. The van der Waals surface area contributed by atoms with Crippen molar-refractivity contribution in [2.75, 3.05) is 6.61 Å². The van der Waals surface area contributed by atoms with E-state index in [1.54, 1.807) is 36.4 Å². The lowest BCUT2D eigenvalue weighted by atomic mass is 9.87. The molecular weight excluding hydrogens is 332 g/mol. The number of hydrazone groups is 1. The molecule has 0 atom stereocenters. The van der Waals surface area contributed by atoms with Gasteiger partial charge in [0.2, 0.25) is 0 Å². The molecule has 0 radical (unpaired) electrons. The summed E-state index contributed by atoms with van der Waals surface area (Å²) in [5, 5.41) is 14.3. The van der Waals surface area contributed by atoms with Crippen LogP contribution in [0.15, 0.2) is 53.6 Å². The minimum absolute atomic E-state index is 0.0318. The van der Waals surface area contributed by atoms with Gasteiger partial charge in [-0.1, -0.05) is 32.9 Å². The molecule has 0 aliphatic rings. The molecular formula is C20H21N2O4-. The van der Waals surface area contributed by atoms with Crippen molar-refractivity contribution in [3.63, 3.8) is 0 Å². The van der Waals surface area contributed by atoms with Gasteiger partial charge in [0, 0.05) is 5.56 Å². The maximum atomic E-state index is 12.1. The molecule has 0 aromatic heterocycles. The average molecular weight is 353 g/mol. The van der Waals surface area contributed by atoms with Crippen LogP contribution in [0.1, 0.15) is 42.3 Å². The predicted molar refractivity (Wildman–Crippen MR) is 97.1 cm³/mol. The van der Waals surface area contributed by atoms with Crippen molar-refractivity contribution in [2.45, 2.75) is 26.2 Å². The number of carboxylic acid groups (broad SMARTS) is 1. The van der Waals surface area contributed by atoms with Crippen LogP contribution in [0.2, 0.25) is 0 Å². The molecule has 26 heavy (non-hydrogen) atoms. The van der Waals surface area contributed by atoms with Crippen molar-refractivity contribution < 1.29 is 19.4 Å². The molecule has 0 bridgehead atoms. The van der Waals surface area contributed by atoms with Crippen molar-refractivity contribution in [1.29, 1.82) is 0 Å². The lowest BCUT2D eigenvalue weighted by Gasteiger charge is -2.18. The molecule has 0 aliphatic carbocycles. The number of nitrogens with zero attached hydrogens (tertiary/aromatic N) is 1. The Kier molecular flexibility index (Phi) is 6.11. The SMILES string of the molecule is CC(C)(C)c1ccc(C(=O)N/N=C\c2ccc(OCC(=O)[O-])cc2)cc1. The standard InChI is InChI=1S/C20H22N2O4/c1-20(2,3)16-8-6-15(7-9-16)19(25)22-21-12-14-4-10-17(11-5-14)26-13-18(23)24/h4-12H,13H2,1-3H3,(H,22,25)(H,23,24)/p-1/b21-12-. The molecule has 0 spiro atoms. The van der Waals surface area contributed by atoms with E-state index < -0.39 is 12.6 Å². The van der Waals surface area contributed by atoms with Gasteiger partial charge in [-0.05, 0) is 52.9 Å². The average Bonchev–Trinajstić information content (AvgIpc) is 2.60. The van der Waals surface area contributed by atoms with Crippen LogP contribution in [0, 0.1) is 0 Å². The minimum Gasteiger partial charge on any atom is -0.546 e. The first kappa shape index (κ1) is 19.2. The van der Waals surface area contributed by atoms with E-state index in [-0.39, 0.29) is 11.3 Å². The lowest BCUT2D eigenvalue weighted by Crippen LogP contribution is -2.28. The number of hydrogen-bond donors (Lipinski definition) is 1. The Morgan fingerprint density at radius 3 is 2.23 bits per heavy atom. The zero-order valence-corrected chi connectivity index (χ0v) is 15.0. The molecule has 2 aromatic carbocycles. The van der Waals surface area contributed by atoms with E-state index in [9.17, 15) is 14.7 Å². The molecule has 6 heteroatoms. The number of hydrogen-bond acceptors (Lipinski definition) is 5. The van der Waals surface area contributed by atoms with E-state index >= 15 is 0 Å². The fraction of sp³-hybridized carbons (Fsp3) is 0.250. The van der Waals surface area contributed by atoms with Crippen molar-refractivity contribution in [2.24, 2.45) is 5.10 Å². The summed E-state index contributed by atoms with van der Waals surface area (Å²) in [6.45, 7) is 5.83. The number of ether oxygens (including phenoxy) is 1. The topological polar surface area (TPSA) is 90.8 Å². The van der Waals surface area contributed by atoms with Gasteiger partial charge in [-0.15, -0.1) is 0 Å². The quantitative estimate of drug-likeness (QED) is 0.634. The van der Waals surface area contributed by atoms with Crippen LogP contribution < -0.4 is 15.3 Å². The second kappa shape index (κ2) is 8.29. The third-order valence-corrected chi connectivity index (χ3v) is 3.63. The summed E-state index contributed by atoms with van der Waals surface area (Å²) in [6, 6.07) is 14.0. The summed E-state index contributed by atoms with van der Waals surface area (Å²) in [5.41, 5.74) is 4.92. The summed E-state index contributed by atoms with van der Waals surface area (Å²) in [5.74, 6) is -1.17. The molecule has 0 unspecified atom stereocenters. The zero-order chi connectivity index (χ0) is 19.2. The lowest BCUT2D eigenvalue weighted by molar-refractivity contribution is -0.307. The van der Waals surface area contributed by atoms with Crippen molar-refractivity contribution >= 4 is 18.1 Å². The van der Waals surface area contributed by atoms with Crippen molar-refractivity contribution in [3.05, 3.63) is 65.2 Å². The van der Waals surface area contributed by atoms with Gasteiger partial charge >= 0.3 is 0 Å². The van der Waals surface area contributed by atoms with Gasteiger partial charge in [-0.25, -0.2) is 5.43 Å². The molecule has 0 aliphatic heterocycles. The molecule has 136 valence electrons. The van der Waals surface area contributed by atoms with Crippen LogP contribution in [-0.2, 0) is 10.2 Å². The summed E-state index contributed by atoms with van der Waals surface area (Å²) in [7, 11) is 0. The predicted octanol–water partition coefficient (Wildman–Crippen LogP) is 1.88. The van der Waals surface area contributed by atoms with E-state index in [1.807, 2.05) is 12.1 Å². The Balaban J connectivity index is 1.91. The van der Waals surface area contributed by atoms with E-state index in [0.717, 1.165) is 11.1 Å². The highest BCUT2D eigenvalue weighted by atomic mass is 16.5. The van der Waals surface area contributed by atoms with Crippen LogP contribution in [0.3, 0.4) is 0 Å². The van der Waals surface area contributed by atoms with Crippen molar-refractivity contribution in [1.82, 2.24) is 5.43 Å². The Bertz CT molecular complexity index is 788. The number of aliphatic carboxylic acids is 1. The molecule has 0 saturated heterocycles. The maximum Gasteiger partial charge on any atom is 0.271 e. The first-order chi connectivity index (χ1) is 12.3.